The van der Waals surface area contributed by atoms with E-state index in [1.165, 1.54) is 21.5 Å². The first-order chi connectivity index (χ1) is 30.8. The van der Waals surface area contributed by atoms with Crippen LogP contribution in [0.1, 0.15) is 0 Å². The van der Waals surface area contributed by atoms with E-state index in [0.29, 0.717) is 0 Å². The lowest BCUT2D eigenvalue weighted by molar-refractivity contribution is 1.16. The normalized spacial score (nSPS) is 12.2. The molecule has 0 unspecified atom stereocenters. The second-order valence-corrected chi connectivity index (χ2v) is 16.2. The summed E-state index contributed by atoms with van der Waals surface area (Å²) in [5.74, 6) is 1.70. The van der Waals surface area contributed by atoms with Crippen LogP contribution in [0.4, 0.5) is 0 Å². The Bertz CT molecular complexity index is 3960. The second kappa shape index (κ2) is 12.5. The maximum absolute atomic E-state index is 5.44. The fourth-order valence-electron chi connectivity index (χ4n) is 10.1. The van der Waals surface area contributed by atoms with Gasteiger partial charge in [-0.2, -0.15) is 0 Å². The molecular weight excluding hydrogens is 757 g/mol. The van der Waals surface area contributed by atoms with Crippen molar-refractivity contribution in [2.45, 2.75) is 0 Å². The van der Waals surface area contributed by atoms with Crippen molar-refractivity contribution in [2.24, 2.45) is 0 Å². The Morgan fingerprint density at radius 2 is 0.581 bits per heavy atom. The summed E-state index contributed by atoms with van der Waals surface area (Å²) >= 11 is 0. The molecule has 0 radical (unpaired) electrons. The van der Waals surface area contributed by atoms with Gasteiger partial charge in [-0.1, -0.05) is 158 Å². The zero-order valence-electron chi connectivity index (χ0n) is 33.2. The van der Waals surface area contributed by atoms with Gasteiger partial charge in [-0.05, 0) is 69.1 Å². The minimum Gasteiger partial charge on any atom is -0.275 e. The van der Waals surface area contributed by atoms with Crippen molar-refractivity contribution in [3.63, 3.8) is 0 Å². The number of nitrogens with zero attached hydrogens (tertiary/aromatic N) is 6. The number of imidazole rings is 2. The molecule has 14 rings (SSSR count). The largest absolute Gasteiger partial charge is 0.275 e. The maximum atomic E-state index is 5.44. The quantitative estimate of drug-likeness (QED) is 0.167. The highest BCUT2D eigenvalue weighted by Crippen LogP contribution is 2.41. The number of hydrogen-bond acceptors (Lipinski definition) is 4. The van der Waals surface area contributed by atoms with Crippen LogP contribution in [-0.2, 0) is 0 Å². The van der Waals surface area contributed by atoms with E-state index in [1.807, 2.05) is 0 Å². The average molecular weight is 789 g/mol. The first-order valence-electron chi connectivity index (χ1n) is 21.0. The van der Waals surface area contributed by atoms with E-state index >= 15 is 0 Å². The molecule has 14 aromatic rings. The first-order valence-corrected chi connectivity index (χ1v) is 21.0. The van der Waals surface area contributed by atoms with E-state index in [9.17, 15) is 0 Å². The molecule has 10 aromatic carbocycles. The molecule has 0 bridgehead atoms. The topological polar surface area (TPSA) is 60.4 Å². The number of aromatic nitrogens is 6. The summed E-state index contributed by atoms with van der Waals surface area (Å²) in [7, 11) is 0. The first kappa shape index (κ1) is 33.4. The Morgan fingerprint density at radius 3 is 1.00 bits per heavy atom. The molecule has 6 nitrogen and oxygen atoms in total. The summed E-state index contributed by atoms with van der Waals surface area (Å²) in [5.41, 5.74) is 11.9. The van der Waals surface area contributed by atoms with Gasteiger partial charge in [0.05, 0.1) is 33.1 Å². The van der Waals surface area contributed by atoms with Crippen molar-refractivity contribution < 1.29 is 0 Å². The van der Waals surface area contributed by atoms with Gasteiger partial charge in [0.25, 0.3) is 0 Å². The molecule has 0 atom stereocenters. The van der Waals surface area contributed by atoms with Gasteiger partial charge in [-0.3, -0.25) is 8.80 Å². The highest BCUT2D eigenvalue weighted by Gasteiger charge is 2.22. The Hall–Kier alpha value is -8.48. The van der Waals surface area contributed by atoms with E-state index in [-0.39, 0.29) is 0 Å². The third-order valence-electron chi connectivity index (χ3n) is 12.8. The number of fused-ring (bicyclic) bond motifs is 20. The molecule has 0 spiro atoms. The fourth-order valence-corrected chi connectivity index (χ4v) is 10.1. The van der Waals surface area contributed by atoms with Crippen molar-refractivity contribution in [1.29, 1.82) is 0 Å². The molecular formula is C56H32N6. The van der Waals surface area contributed by atoms with Crippen molar-refractivity contribution in [1.82, 2.24) is 28.7 Å². The second-order valence-electron chi connectivity index (χ2n) is 16.2. The average Bonchev–Trinajstić information content (AvgIpc) is 3.96. The van der Waals surface area contributed by atoms with Gasteiger partial charge in [0.15, 0.2) is 0 Å². The lowest BCUT2D eigenvalue weighted by Gasteiger charge is -2.13. The standard InChI is InChI=1S/C56H32N6/c1-5-23-41-37(19-1)39-21-3-7-25-43(39)51-49(41)59-55-45-27-9-11-29-47(45)57-53(61(51)55)35-17-13-15-33(31-35)34-16-14-18-36(32-34)54-58-48-30-12-10-28-46(48)56-60-50-42-24-6-2-20-38(42)40-22-4-8-26-44(40)52(50)62(54)56/h1-32H. The number of benzene rings is 10. The Labute approximate surface area is 353 Å². The molecule has 0 aliphatic carbocycles. The maximum Gasteiger partial charge on any atom is 0.149 e. The zero-order chi connectivity index (χ0) is 40.5. The Kier molecular flexibility index (Phi) is 6.74. The van der Waals surface area contributed by atoms with Crippen LogP contribution in [-0.4, -0.2) is 28.7 Å². The van der Waals surface area contributed by atoms with E-state index in [2.05, 4.69) is 203 Å². The van der Waals surface area contributed by atoms with Gasteiger partial charge < -0.3 is 0 Å². The summed E-state index contributed by atoms with van der Waals surface area (Å²) < 4.78 is 4.58. The van der Waals surface area contributed by atoms with E-state index in [4.69, 9.17) is 19.9 Å². The molecule has 0 amide bonds. The fraction of sp³-hybridized carbons (Fsp3) is 0. The number of hydrogen-bond donors (Lipinski definition) is 0. The molecule has 0 fully saturated rings. The van der Waals surface area contributed by atoms with Crippen molar-refractivity contribution in [3.05, 3.63) is 194 Å². The van der Waals surface area contributed by atoms with Crippen LogP contribution in [0.2, 0.25) is 0 Å². The molecule has 0 aliphatic rings. The van der Waals surface area contributed by atoms with Crippen molar-refractivity contribution >= 4 is 98.3 Å². The van der Waals surface area contributed by atoms with Gasteiger partial charge >= 0.3 is 0 Å². The Balaban J connectivity index is 1.02. The van der Waals surface area contributed by atoms with Crippen LogP contribution >= 0.6 is 0 Å². The van der Waals surface area contributed by atoms with Crippen LogP contribution in [0.3, 0.4) is 0 Å². The van der Waals surface area contributed by atoms with Crippen LogP contribution < -0.4 is 0 Å². The molecule has 286 valence electrons. The number of para-hydroxylation sites is 2. The Morgan fingerprint density at radius 1 is 0.258 bits per heavy atom. The third-order valence-corrected chi connectivity index (χ3v) is 12.8. The summed E-state index contributed by atoms with van der Waals surface area (Å²) in [4.78, 5) is 21.7. The van der Waals surface area contributed by atoms with Crippen LogP contribution in [0, 0.1) is 0 Å². The minimum atomic E-state index is 0.849. The van der Waals surface area contributed by atoms with Crippen LogP contribution in [0.25, 0.3) is 132 Å². The predicted octanol–water partition coefficient (Wildman–Crippen LogP) is 14.0. The zero-order valence-corrected chi connectivity index (χ0v) is 33.2. The van der Waals surface area contributed by atoms with E-state index < -0.39 is 0 Å². The highest BCUT2D eigenvalue weighted by molar-refractivity contribution is 6.26. The SMILES string of the molecule is c1cc(-c2cccc(-c3nc4ccccc4c4nc5c6ccccc6c6ccccc6c5n34)c2)cc(-c2nc3ccccc3c3nc4c5ccccc5c5ccccc5c4n23)c1. The molecule has 0 saturated carbocycles. The summed E-state index contributed by atoms with van der Waals surface area (Å²) in [6.45, 7) is 0. The highest BCUT2D eigenvalue weighted by atomic mass is 15.1. The lowest BCUT2D eigenvalue weighted by atomic mass is 9.99. The molecule has 4 heterocycles. The monoisotopic (exact) mass is 788 g/mol. The summed E-state index contributed by atoms with van der Waals surface area (Å²) in [6, 6.07) is 68.7. The van der Waals surface area contributed by atoms with Gasteiger partial charge in [0.1, 0.15) is 22.9 Å². The third kappa shape index (κ3) is 4.58. The molecule has 6 heteroatoms. The molecule has 0 saturated heterocycles. The predicted molar refractivity (Wildman–Crippen MR) is 256 cm³/mol. The van der Waals surface area contributed by atoms with Gasteiger partial charge in [0, 0.05) is 43.4 Å². The van der Waals surface area contributed by atoms with E-state index in [1.54, 1.807) is 0 Å². The lowest BCUT2D eigenvalue weighted by Crippen LogP contribution is -1.99. The minimum absolute atomic E-state index is 0.849. The smallest absolute Gasteiger partial charge is 0.149 e. The van der Waals surface area contributed by atoms with Gasteiger partial charge in [-0.25, -0.2) is 19.9 Å². The van der Waals surface area contributed by atoms with Crippen molar-refractivity contribution in [3.8, 4) is 33.9 Å². The molecule has 62 heavy (non-hydrogen) atoms. The van der Waals surface area contributed by atoms with Crippen LogP contribution in [0.15, 0.2) is 194 Å². The summed E-state index contributed by atoms with van der Waals surface area (Å²) in [6.07, 6.45) is 0. The van der Waals surface area contributed by atoms with Gasteiger partial charge in [0.2, 0.25) is 0 Å². The number of rotatable bonds is 3. The molecule has 0 N–H and O–H groups in total. The summed E-state index contributed by atoms with van der Waals surface area (Å²) in [5, 5.41) is 11.4. The molecule has 4 aromatic heterocycles. The molecule has 0 aliphatic heterocycles. The van der Waals surface area contributed by atoms with Gasteiger partial charge in [-0.15, -0.1) is 0 Å². The van der Waals surface area contributed by atoms with Crippen molar-refractivity contribution in [2.75, 3.05) is 0 Å². The van der Waals surface area contributed by atoms with E-state index in [0.717, 1.165) is 111 Å². The van der Waals surface area contributed by atoms with Crippen LogP contribution in [0.5, 0.6) is 0 Å².